The van der Waals surface area contributed by atoms with E-state index in [1.165, 1.54) is 0 Å². The lowest BCUT2D eigenvalue weighted by Crippen LogP contribution is -2.35. The minimum absolute atomic E-state index is 0.528. The van der Waals surface area contributed by atoms with Crippen molar-refractivity contribution in [1.29, 1.82) is 0 Å². The van der Waals surface area contributed by atoms with Gasteiger partial charge in [-0.05, 0) is 30.0 Å². The maximum atomic E-state index is 11.0. The number of carboxylic acid groups (broad SMARTS) is 1. The predicted molar refractivity (Wildman–Crippen MR) is 53.3 cm³/mol. The highest BCUT2D eigenvalue weighted by Gasteiger charge is 2.26. The van der Waals surface area contributed by atoms with E-state index < -0.39 is 12.0 Å². The Labute approximate surface area is 82.8 Å². The summed E-state index contributed by atoms with van der Waals surface area (Å²) in [6, 6.07) is 5.43. The molecule has 1 aromatic rings. The van der Waals surface area contributed by atoms with Gasteiger partial charge in [-0.3, -0.25) is 4.79 Å². The molecule has 0 fully saturated rings. The monoisotopic (exact) mass is 191 g/mol. The molecule has 3 nitrogen and oxygen atoms in total. The Morgan fingerprint density at radius 1 is 1.57 bits per heavy atom. The van der Waals surface area contributed by atoms with E-state index in [1.54, 1.807) is 0 Å². The molecule has 3 heteroatoms. The van der Waals surface area contributed by atoms with Crippen LogP contribution in [0.1, 0.15) is 22.7 Å². The molecule has 0 saturated heterocycles. The molecule has 2 rings (SSSR count). The Balaban J connectivity index is 2.52. The van der Waals surface area contributed by atoms with E-state index in [0.717, 1.165) is 29.7 Å². The number of carboxylic acids is 1. The highest BCUT2D eigenvalue weighted by Crippen LogP contribution is 2.26. The Kier molecular flexibility index (Phi) is 2.25. The lowest BCUT2D eigenvalue weighted by atomic mass is 9.90. The van der Waals surface area contributed by atoms with Crippen LogP contribution in [-0.2, 0) is 11.2 Å². The fourth-order valence-corrected chi connectivity index (χ4v) is 2.04. The average Bonchev–Trinajstić information content (AvgIpc) is 2.17. The van der Waals surface area contributed by atoms with Crippen molar-refractivity contribution in [3.05, 3.63) is 34.9 Å². The SMILES string of the molecule is Cc1cccc2c1[C@@H](C(=O)O)NCC2. The van der Waals surface area contributed by atoms with Gasteiger partial charge in [0.15, 0.2) is 0 Å². The molecule has 74 valence electrons. The summed E-state index contributed by atoms with van der Waals surface area (Å²) in [6.07, 6.45) is 0.917. The highest BCUT2D eigenvalue weighted by atomic mass is 16.4. The second-order valence-corrected chi connectivity index (χ2v) is 3.62. The van der Waals surface area contributed by atoms with Gasteiger partial charge in [-0.15, -0.1) is 0 Å². The van der Waals surface area contributed by atoms with Crippen molar-refractivity contribution in [1.82, 2.24) is 5.32 Å². The largest absolute Gasteiger partial charge is 0.480 e. The number of carbonyl (C=O) groups is 1. The maximum Gasteiger partial charge on any atom is 0.325 e. The first-order valence-electron chi connectivity index (χ1n) is 4.74. The van der Waals surface area contributed by atoms with E-state index in [1.807, 2.05) is 25.1 Å². The Morgan fingerprint density at radius 3 is 3.07 bits per heavy atom. The van der Waals surface area contributed by atoms with Crippen molar-refractivity contribution < 1.29 is 9.90 Å². The molecule has 1 aliphatic heterocycles. The van der Waals surface area contributed by atoms with Crippen LogP contribution in [0.5, 0.6) is 0 Å². The summed E-state index contributed by atoms with van der Waals surface area (Å²) in [7, 11) is 0. The number of aryl methyl sites for hydroxylation is 1. The third kappa shape index (κ3) is 1.40. The van der Waals surface area contributed by atoms with Crippen molar-refractivity contribution in [2.75, 3.05) is 6.54 Å². The molecule has 2 N–H and O–H groups in total. The molecule has 1 heterocycles. The molecule has 1 aromatic carbocycles. The fraction of sp³-hybridized carbons (Fsp3) is 0.364. The van der Waals surface area contributed by atoms with Crippen LogP contribution in [-0.4, -0.2) is 17.6 Å². The zero-order valence-corrected chi connectivity index (χ0v) is 8.08. The van der Waals surface area contributed by atoms with Gasteiger partial charge in [-0.2, -0.15) is 0 Å². The van der Waals surface area contributed by atoms with Crippen LogP contribution in [0.3, 0.4) is 0 Å². The second kappa shape index (κ2) is 3.42. The van der Waals surface area contributed by atoms with Gasteiger partial charge in [-0.1, -0.05) is 18.2 Å². The van der Waals surface area contributed by atoms with E-state index in [4.69, 9.17) is 5.11 Å². The van der Waals surface area contributed by atoms with E-state index >= 15 is 0 Å². The normalized spacial score (nSPS) is 20.2. The van der Waals surface area contributed by atoms with Crippen molar-refractivity contribution in [3.8, 4) is 0 Å². The maximum absolute atomic E-state index is 11.0. The average molecular weight is 191 g/mol. The second-order valence-electron chi connectivity index (χ2n) is 3.62. The molecular formula is C11H13NO2. The van der Waals surface area contributed by atoms with E-state index in [2.05, 4.69) is 5.32 Å². The third-order valence-corrected chi connectivity index (χ3v) is 2.69. The summed E-state index contributed by atoms with van der Waals surface area (Å²) in [4.78, 5) is 11.0. The minimum atomic E-state index is -0.791. The van der Waals surface area contributed by atoms with Crippen LogP contribution in [0.25, 0.3) is 0 Å². The van der Waals surface area contributed by atoms with Crippen molar-refractivity contribution in [2.24, 2.45) is 0 Å². The Bertz CT molecular complexity index is 374. The molecular weight excluding hydrogens is 178 g/mol. The number of fused-ring (bicyclic) bond motifs is 1. The quantitative estimate of drug-likeness (QED) is 0.702. The Morgan fingerprint density at radius 2 is 2.36 bits per heavy atom. The van der Waals surface area contributed by atoms with Crippen molar-refractivity contribution in [2.45, 2.75) is 19.4 Å². The van der Waals surface area contributed by atoms with Gasteiger partial charge in [0.1, 0.15) is 6.04 Å². The number of aliphatic carboxylic acids is 1. The lowest BCUT2D eigenvalue weighted by molar-refractivity contribution is -0.139. The molecule has 1 aliphatic rings. The van der Waals surface area contributed by atoms with E-state index in [0.29, 0.717) is 0 Å². The Hall–Kier alpha value is -1.35. The summed E-state index contributed by atoms with van der Waals surface area (Å²) in [6.45, 7) is 2.70. The molecule has 0 bridgehead atoms. The molecule has 0 amide bonds. The van der Waals surface area contributed by atoms with Crippen LogP contribution in [0.2, 0.25) is 0 Å². The first kappa shape index (κ1) is 9.21. The summed E-state index contributed by atoms with van der Waals surface area (Å²) < 4.78 is 0. The van der Waals surface area contributed by atoms with Gasteiger partial charge in [0, 0.05) is 6.54 Å². The predicted octanol–water partition coefficient (Wildman–Crippen LogP) is 1.27. The van der Waals surface area contributed by atoms with Gasteiger partial charge >= 0.3 is 5.97 Å². The summed E-state index contributed by atoms with van der Waals surface area (Å²) in [5, 5.41) is 12.1. The standard InChI is InChI=1S/C11H13NO2/c1-7-3-2-4-8-5-6-12-10(9(7)8)11(13)14/h2-4,10,12H,5-6H2,1H3,(H,13,14)/t10-/m0/s1. The zero-order valence-electron chi connectivity index (χ0n) is 8.08. The number of hydrogen-bond donors (Lipinski definition) is 2. The van der Waals surface area contributed by atoms with Crippen molar-refractivity contribution >= 4 is 5.97 Å². The lowest BCUT2D eigenvalue weighted by Gasteiger charge is -2.25. The van der Waals surface area contributed by atoms with Crippen LogP contribution >= 0.6 is 0 Å². The van der Waals surface area contributed by atoms with Crippen LogP contribution in [0.4, 0.5) is 0 Å². The third-order valence-electron chi connectivity index (χ3n) is 2.69. The van der Waals surface area contributed by atoms with Crippen LogP contribution in [0.15, 0.2) is 18.2 Å². The summed E-state index contributed by atoms with van der Waals surface area (Å²) >= 11 is 0. The van der Waals surface area contributed by atoms with E-state index in [-0.39, 0.29) is 0 Å². The molecule has 0 saturated carbocycles. The zero-order chi connectivity index (χ0) is 10.1. The summed E-state index contributed by atoms with van der Waals surface area (Å²) in [5.74, 6) is -0.791. The van der Waals surface area contributed by atoms with E-state index in [9.17, 15) is 4.79 Å². The highest BCUT2D eigenvalue weighted by molar-refractivity contribution is 5.77. The van der Waals surface area contributed by atoms with Gasteiger partial charge in [0.05, 0.1) is 0 Å². The van der Waals surface area contributed by atoms with Crippen LogP contribution < -0.4 is 5.32 Å². The topological polar surface area (TPSA) is 49.3 Å². The molecule has 0 spiro atoms. The molecule has 0 aliphatic carbocycles. The molecule has 0 radical (unpaired) electrons. The van der Waals surface area contributed by atoms with Crippen LogP contribution in [0, 0.1) is 6.92 Å². The first-order chi connectivity index (χ1) is 6.70. The molecule has 1 atom stereocenters. The molecule has 0 unspecified atom stereocenters. The van der Waals surface area contributed by atoms with Gasteiger partial charge in [0.2, 0.25) is 0 Å². The number of benzene rings is 1. The smallest absolute Gasteiger partial charge is 0.325 e. The number of nitrogens with one attached hydrogen (secondary N) is 1. The van der Waals surface area contributed by atoms with Gasteiger partial charge < -0.3 is 10.4 Å². The molecule has 14 heavy (non-hydrogen) atoms. The molecule has 0 aromatic heterocycles. The van der Waals surface area contributed by atoms with Gasteiger partial charge in [-0.25, -0.2) is 0 Å². The summed E-state index contributed by atoms with van der Waals surface area (Å²) in [5.41, 5.74) is 3.17. The fourth-order valence-electron chi connectivity index (χ4n) is 2.04. The minimum Gasteiger partial charge on any atom is -0.480 e. The number of rotatable bonds is 1. The first-order valence-corrected chi connectivity index (χ1v) is 4.74. The van der Waals surface area contributed by atoms with Gasteiger partial charge in [0.25, 0.3) is 0 Å². The van der Waals surface area contributed by atoms with Crippen molar-refractivity contribution in [3.63, 3.8) is 0 Å². The number of hydrogen-bond acceptors (Lipinski definition) is 2.